The second-order valence-corrected chi connectivity index (χ2v) is 5.99. The minimum Gasteiger partial charge on any atom is -0.331 e. The highest BCUT2D eigenvalue weighted by Crippen LogP contribution is 2.26. The van der Waals surface area contributed by atoms with Crippen molar-refractivity contribution in [1.82, 2.24) is 15.5 Å². The van der Waals surface area contributed by atoms with Crippen LogP contribution in [0.25, 0.3) is 0 Å². The zero-order valence-electron chi connectivity index (χ0n) is 12.2. The maximum absolute atomic E-state index is 12.4. The van der Waals surface area contributed by atoms with Crippen molar-refractivity contribution in [2.45, 2.75) is 19.4 Å². The standard InChI is InChI=1S/C16H21N3O2/c1-11(13-5-3-2-4-6-13)18-16(21)19-10-12-7-14(15(19)20)9-17-8-12/h2-6,11-12,14,17H,7-10H2,1H3,(H,18,21)/t11-,12?,14?/m0/s1. The molecule has 2 N–H and O–H groups in total. The second-order valence-electron chi connectivity index (χ2n) is 5.99. The molecule has 5 nitrogen and oxygen atoms in total. The van der Waals surface area contributed by atoms with Gasteiger partial charge in [-0.2, -0.15) is 0 Å². The van der Waals surface area contributed by atoms with Crippen molar-refractivity contribution in [2.75, 3.05) is 19.6 Å². The van der Waals surface area contributed by atoms with Gasteiger partial charge in [-0.1, -0.05) is 30.3 Å². The summed E-state index contributed by atoms with van der Waals surface area (Å²) in [7, 11) is 0. The van der Waals surface area contributed by atoms with E-state index in [2.05, 4.69) is 10.6 Å². The van der Waals surface area contributed by atoms with Gasteiger partial charge >= 0.3 is 6.03 Å². The summed E-state index contributed by atoms with van der Waals surface area (Å²) in [5.41, 5.74) is 1.04. The Bertz CT molecular complexity index is 532. The molecule has 0 aliphatic carbocycles. The zero-order valence-corrected chi connectivity index (χ0v) is 12.2. The fraction of sp³-hybridized carbons (Fsp3) is 0.500. The Morgan fingerprint density at radius 3 is 2.86 bits per heavy atom. The third-order valence-electron chi connectivity index (χ3n) is 4.38. The van der Waals surface area contributed by atoms with E-state index in [1.54, 1.807) is 0 Å². The van der Waals surface area contributed by atoms with Crippen molar-refractivity contribution < 1.29 is 9.59 Å². The van der Waals surface area contributed by atoms with E-state index in [1.165, 1.54) is 4.90 Å². The third kappa shape index (κ3) is 2.93. The summed E-state index contributed by atoms with van der Waals surface area (Å²) in [6, 6.07) is 9.41. The summed E-state index contributed by atoms with van der Waals surface area (Å²) in [4.78, 5) is 26.1. The number of nitrogens with zero attached hydrogens (tertiary/aromatic N) is 1. The molecule has 3 atom stereocenters. The minimum atomic E-state index is -0.270. The molecule has 0 radical (unpaired) electrons. The number of benzene rings is 1. The van der Waals surface area contributed by atoms with E-state index in [-0.39, 0.29) is 23.9 Å². The first kappa shape index (κ1) is 14.1. The van der Waals surface area contributed by atoms with Crippen molar-refractivity contribution >= 4 is 11.9 Å². The molecular weight excluding hydrogens is 266 g/mol. The number of carbonyl (C=O) groups is 2. The SMILES string of the molecule is C[C@H](NC(=O)N1CC2CNCC(C2)C1=O)c1ccccc1. The molecule has 3 rings (SSSR count). The number of amides is 3. The third-order valence-corrected chi connectivity index (χ3v) is 4.38. The highest BCUT2D eigenvalue weighted by Gasteiger charge is 2.39. The summed E-state index contributed by atoms with van der Waals surface area (Å²) in [6.45, 7) is 4.04. The van der Waals surface area contributed by atoms with Gasteiger partial charge in [-0.3, -0.25) is 9.69 Å². The molecule has 2 saturated heterocycles. The fourth-order valence-corrected chi connectivity index (χ4v) is 3.20. The van der Waals surface area contributed by atoms with Crippen LogP contribution in [0.5, 0.6) is 0 Å². The van der Waals surface area contributed by atoms with Crippen LogP contribution >= 0.6 is 0 Å². The summed E-state index contributed by atoms with van der Waals surface area (Å²) >= 11 is 0. The second kappa shape index (κ2) is 5.85. The van der Waals surface area contributed by atoms with Crippen molar-refractivity contribution in [3.63, 3.8) is 0 Å². The quantitative estimate of drug-likeness (QED) is 0.867. The molecule has 21 heavy (non-hydrogen) atoms. The lowest BCUT2D eigenvalue weighted by Crippen LogP contribution is -2.58. The van der Waals surface area contributed by atoms with Gasteiger partial charge in [0, 0.05) is 13.1 Å². The average Bonchev–Trinajstić information content (AvgIpc) is 2.52. The number of carbonyl (C=O) groups excluding carboxylic acids is 2. The van der Waals surface area contributed by atoms with Gasteiger partial charge in [0.2, 0.25) is 5.91 Å². The lowest BCUT2D eigenvalue weighted by atomic mass is 9.85. The fourth-order valence-electron chi connectivity index (χ4n) is 3.20. The molecule has 3 amide bonds. The van der Waals surface area contributed by atoms with Gasteiger partial charge in [-0.25, -0.2) is 4.79 Å². The van der Waals surface area contributed by atoms with Crippen LogP contribution in [0.15, 0.2) is 30.3 Å². The van der Waals surface area contributed by atoms with E-state index in [0.717, 1.165) is 18.5 Å². The van der Waals surface area contributed by atoms with E-state index in [9.17, 15) is 9.59 Å². The molecule has 1 aromatic rings. The van der Waals surface area contributed by atoms with Gasteiger partial charge in [0.05, 0.1) is 12.0 Å². The highest BCUT2D eigenvalue weighted by molar-refractivity contribution is 5.96. The molecule has 2 fully saturated rings. The predicted octanol–water partition coefficient (Wildman–Crippen LogP) is 1.53. The monoisotopic (exact) mass is 287 g/mol. The van der Waals surface area contributed by atoms with E-state index in [4.69, 9.17) is 0 Å². The number of imide groups is 1. The van der Waals surface area contributed by atoms with E-state index < -0.39 is 0 Å². The molecule has 112 valence electrons. The van der Waals surface area contributed by atoms with E-state index in [1.807, 2.05) is 37.3 Å². The topological polar surface area (TPSA) is 61.4 Å². The van der Waals surface area contributed by atoms with Gasteiger partial charge < -0.3 is 10.6 Å². The highest BCUT2D eigenvalue weighted by atomic mass is 16.2. The molecule has 2 aliphatic heterocycles. The zero-order chi connectivity index (χ0) is 14.8. The van der Waals surface area contributed by atoms with Crippen LogP contribution in [0, 0.1) is 11.8 Å². The van der Waals surface area contributed by atoms with Crippen LogP contribution < -0.4 is 10.6 Å². The first-order valence-corrected chi connectivity index (χ1v) is 7.52. The largest absolute Gasteiger partial charge is 0.331 e. The van der Waals surface area contributed by atoms with Gasteiger partial charge in [0.25, 0.3) is 0 Å². The molecule has 5 heteroatoms. The summed E-state index contributed by atoms with van der Waals surface area (Å²) in [5, 5.41) is 6.20. The number of urea groups is 1. The molecular formula is C16H21N3O2. The van der Waals surface area contributed by atoms with Crippen LogP contribution in [-0.4, -0.2) is 36.5 Å². The summed E-state index contributed by atoms with van der Waals surface area (Å²) < 4.78 is 0. The van der Waals surface area contributed by atoms with E-state index in [0.29, 0.717) is 19.0 Å². The number of piperidine rings is 2. The van der Waals surface area contributed by atoms with Crippen LogP contribution in [0.4, 0.5) is 4.79 Å². The number of fused-ring (bicyclic) bond motifs is 2. The predicted molar refractivity (Wildman–Crippen MR) is 79.6 cm³/mol. The lowest BCUT2D eigenvalue weighted by Gasteiger charge is -2.40. The van der Waals surface area contributed by atoms with E-state index >= 15 is 0 Å². The molecule has 2 bridgehead atoms. The van der Waals surface area contributed by atoms with Crippen LogP contribution in [0.3, 0.4) is 0 Å². The Balaban J connectivity index is 1.66. The van der Waals surface area contributed by atoms with Crippen LogP contribution in [0.2, 0.25) is 0 Å². The van der Waals surface area contributed by atoms with Crippen molar-refractivity contribution in [2.24, 2.45) is 11.8 Å². The van der Waals surface area contributed by atoms with Crippen LogP contribution in [-0.2, 0) is 4.79 Å². The first-order chi connectivity index (χ1) is 10.1. The van der Waals surface area contributed by atoms with Gasteiger partial charge in [0.15, 0.2) is 0 Å². The van der Waals surface area contributed by atoms with Gasteiger partial charge in [0.1, 0.15) is 0 Å². The minimum absolute atomic E-state index is 0.0452. The summed E-state index contributed by atoms with van der Waals surface area (Å²) in [5.74, 6) is 0.297. The summed E-state index contributed by atoms with van der Waals surface area (Å²) in [6.07, 6.45) is 0.907. The van der Waals surface area contributed by atoms with Crippen molar-refractivity contribution in [1.29, 1.82) is 0 Å². The Morgan fingerprint density at radius 1 is 1.33 bits per heavy atom. The number of hydrogen-bond donors (Lipinski definition) is 2. The normalized spacial score (nSPS) is 26.3. The molecule has 2 unspecified atom stereocenters. The van der Waals surface area contributed by atoms with Crippen LogP contribution in [0.1, 0.15) is 24.9 Å². The van der Waals surface area contributed by atoms with Crippen molar-refractivity contribution in [3.05, 3.63) is 35.9 Å². The average molecular weight is 287 g/mol. The molecule has 1 aromatic carbocycles. The Kier molecular flexibility index (Phi) is 3.92. The maximum atomic E-state index is 12.4. The van der Waals surface area contributed by atoms with Gasteiger partial charge in [-0.05, 0) is 31.4 Å². The van der Waals surface area contributed by atoms with Gasteiger partial charge in [-0.15, -0.1) is 0 Å². The molecule has 2 aliphatic rings. The molecule has 2 heterocycles. The van der Waals surface area contributed by atoms with Crippen molar-refractivity contribution in [3.8, 4) is 0 Å². The number of rotatable bonds is 2. The molecule has 0 aromatic heterocycles. The molecule has 0 saturated carbocycles. The maximum Gasteiger partial charge on any atom is 0.324 e. The number of likely N-dealkylation sites (tertiary alicyclic amines) is 1. The Morgan fingerprint density at radius 2 is 2.10 bits per heavy atom. The smallest absolute Gasteiger partial charge is 0.324 e. The first-order valence-electron chi connectivity index (χ1n) is 7.52. The Hall–Kier alpha value is -1.88. The number of nitrogens with one attached hydrogen (secondary N) is 2. The molecule has 0 spiro atoms. The lowest BCUT2D eigenvalue weighted by molar-refractivity contribution is -0.137. The number of hydrogen-bond acceptors (Lipinski definition) is 3. The Labute approximate surface area is 124 Å².